The van der Waals surface area contributed by atoms with E-state index in [1.807, 2.05) is 32.9 Å². The second kappa shape index (κ2) is 9.31. The van der Waals surface area contributed by atoms with Crippen molar-refractivity contribution < 1.29 is 14.3 Å². The molecule has 4 nitrogen and oxygen atoms in total. The number of benzene rings is 2. The lowest BCUT2D eigenvalue weighted by Crippen LogP contribution is -2.22. The molecule has 0 spiro atoms. The van der Waals surface area contributed by atoms with Crippen LogP contribution in [0.5, 0.6) is 0 Å². The van der Waals surface area contributed by atoms with Crippen molar-refractivity contribution in [3.05, 3.63) is 57.1 Å². The van der Waals surface area contributed by atoms with Crippen molar-refractivity contribution >= 4 is 52.5 Å². The Morgan fingerprint density at radius 1 is 1.08 bits per heavy atom. The number of esters is 1. The molecule has 0 fully saturated rings. The van der Waals surface area contributed by atoms with Crippen molar-refractivity contribution in [1.29, 1.82) is 0 Å². The third-order valence-corrected chi connectivity index (χ3v) is 5.25. The van der Waals surface area contributed by atoms with Crippen molar-refractivity contribution in [3.8, 4) is 0 Å². The Labute approximate surface area is 167 Å². The van der Waals surface area contributed by atoms with Crippen LogP contribution in [-0.4, -0.2) is 24.2 Å². The molecule has 0 aliphatic rings. The van der Waals surface area contributed by atoms with Crippen LogP contribution in [0.15, 0.2) is 35.2 Å². The van der Waals surface area contributed by atoms with Gasteiger partial charge in [0.25, 0.3) is 5.91 Å². The van der Waals surface area contributed by atoms with Gasteiger partial charge in [-0.1, -0.05) is 40.9 Å². The molecular formula is C19H19Cl2NO3S. The van der Waals surface area contributed by atoms with Gasteiger partial charge in [-0.2, -0.15) is 0 Å². The highest BCUT2D eigenvalue weighted by Gasteiger charge is 2.12. The van der Waals surface area contributed by atoms with Gasteiger partial charge < -0.3 is 10.1 Å². The number of amides is 1. The van der Waals surface area contributed by atoms with Gasteiger partial charge in [-0.3, -0.25) is 9.59 Å². The molecule has 1 amide bonds. The number of rotatable bonds is 6. The number of ether oxygens (including phenoxy) is 1. The minimum Gasteiger partial charge on any atom is -0.455 e. The lowest BCUT2D eigenvalue weighted by Gasteiger charge is -2.13. The quantitative estimate of drug-likeness (QED) is 0.524. The maximum absolute atomic E-state index is 12.0. The smallest absolute Gasteiger partial charge is 0.316 e. The van der Waals surface area contributed by atoms with E-state index in [4.69, 9.17) is 27.9 Å². The molecule has 0 saturated carbocycles. The molecule has 0 unspecified atom stereocenters. The molecule has 0 aliphatic heterocycles. The second-order valence-corrected chi connectivity index (χ2v) is 7.71. The molecule has 2 rings (SSSR count). The first kappa shape index (κ1) is 20.6. The Morgan fingerprint density at radius 3 is 2.38 bits per heavy atom. The number of anilines is 1. The van der Waals surface area contributed by atoms with Gasteiger partial charge in [-0.25, -0.2) is 0 Å². The van der Waals surface area contributed by atoms with Crippen LogP contribution in [0.2, 0.25) is 10.0 Å². The van der Waals surface area contributed by atoms with Gasteiger partial charge in [-0.05, 0) is 50.1 Å². The van der Waals surface area contributed by atoms with Gasteiger partial charge in [0.05, 0.1) is 10.8 Å². The maximum atomic E-state index is 12.0. The van der Waals surface area contributed by atoms with Crippen molar-refractivity contribution in [2.45, 2.75) is 25.7 Å². The average Bonchev–Trinajstić information content (AvgIpc) is 2.57. The van der Waals surface area contributed by atoms with Gasteiger partial charge >= 0.3 is 5.97 Å². The molecule has 0 radical (unpaired) electrons. The average molecular weight is 412 g/mol. The fourth-order valence-electron chi connectivity index (χ4n) is 2.46. The summed E-state index contributed by atoms with van der Waals surface area (Å²) in [5.41, 5.74) is 3.81. The van der Waals surface area contributed by atoms with E-state index in [2.05, 4.69) is 5.32 Å². The molecule has 0 heterocycles. The summed E-state index contributed by atoms with van der Waals surface area (Å²) in [6.45, 7) is 5.51. The zero-order chi connectivity index (χ0) is 19.3. The molecule has 0 atom stereocenters. The third-order valence-electron chi connectivity index (χ3n) is 3.54. The van der Waals surface area contributed by atoms with Gasteiger partial charge in [0.1, 0.15) is 0 Å². The molecule has 0 aromatic heterocycles. The van der Waals surface area contributed by atoms with Crippen LogP contribution in [0.1, 0.15) is 16.7 Å². The number of hydrogen-bond acceptors (Lipinski definition) is 4. The lowest BCUT2D eigenvalue weighted by atomic mass is 10.1. The second-order valence-electron chi connectivity index (χ2n) is 5.85. The van der Waals surface area contributed by atoms with E-state index in [9.17, 15) is 9.59 Å². The molecular weight excluding hydrogens is 393 g/mol. The van der Waals surface area contributed by atoms with Gasteiger partial charge in [0, 0.05) is 15.6 Å². The number of carbonyl (C=O) groups is 2. The van der Waals surface area contributed by atoms with Crippen LogP contribution in [0.3, 0.4) is 0 Å². The minimum absolute atomic E-state index is 0.0376. The Morgan fingerprint density at radius 2 is 1.73 bits per heavy atom. The van der Waals surface area contributed by atoms with Crippen LogP contribution in [-0.2, 0) is 14.3 Å². The minimum atomic E-state index is -0.501. The van der Waals surface area contributed by atoms with E-state index in [-0.39, 0.29) is 18.3 Å². The standard InChI is InChI=1S/C19H19Cl2NO3S/c1-11-6-12(2)19(13(3)7-11)22-17(23)9-25-18(24)10-26-16-8-14(20)4-5-15(16)21/h4-8H,9-10H2,1-3H3,(H,22,23). The number of aryl methyl sites for hydroxylation is 3. The Kier molecular flexibility index (Phi) is 7.38. The number of halogens is 2. The SMILES string of the molecule is Cc1cc(C)c(NC(=O)COC(=O)CSc2cc(Cl)ccc2Cl)c(C)c1. The summed E-state index contributed by atoms with van der Waals surface area (Å²) in [7, 11) is 0. The molecule has 2 aromatic rings. The largest absolute Gasteiger partial charge is 0.455 e. The van der Waals surface area contributed by atoms with Crippen LogP contribution in [0.4, 0.5) is 5.69 Å². The summed E-state index contributed by atoms with van der Waals surface area (Å²) in [5.74, 6) is -0.839. The summed E-state index contributed by atoms with van der Waals surface area (Å²) in [6.07, 6.45) is 0. The monoisotopic (exact) mass is 411 g/mol. The lowest BCUT2D eigenvalue weighted by molar-refractivity contribution is -0.144. The molecule has 138 valence electrons. The predicted molar refractivity (Wildman–Crippen MR) is 107 cm³/mol. The normalized spacial score (nSPS) is 10.5. The predicted octanol–water partition coefficient (Wildman–Crippen LogP) is 5.19. The van der Waals surface area contributed by atoms with E-state index in [0.717, 1.165) is 22.4 Å². The summed E-state index contributed by atoms with van der Waals surface area (Å²) >= 11 is 13.2. The number of thioether (sulfide) groups is 1. The van der Waals surface area contributed by atoms with Crippen LogP contribution in [0, 0.1) is 20.8 Å². The molecule has 2 aromatic carbocycles. The number of carbonyl (C=O) groups excluding carboxylic acids is 2. The topological polar surface area (TPSA) is 55.4 Å². The first-order valence-corrected chi connectivity index (χ1v) is 9.61. The van der Waals surface area contributed by atoms with Crippen molar-refractivity contribution in [2.24, 2.45) is 0 Å². The van der Waals surface area contributed by atoms with Gasteiger partial charge in [0.15, 0.2) is 6.61 Å². The van der Waals surface area contributed by atoms with E-state index in [1.54, 1.807) is 18.2 Å². The highest BCUT2D eigenvalue weighted by atomic mass is 35.5. The fourth-order valence-corrected chi connectivity index (χ4v) is 3.76. The highest BCUT2D eigenvalue weighted by Crippen LogP contribution is 2.29. The first-order chi connectivity index (χ1) is 12.3. The fraction of sp³-hybridized carbons (Fsp3) is 0.263. The van der Waals surface area contributed by atoms with Crippen LogP contribution in [0.25, 0.3) is 0 Å². The maximum Gasteiger partial charge on any atom is 0.316 e. The van der Waals surface area contributed by atoms with E-state index >= 15 is 0 Å². The van der Waals surface area contributed by atoms with Crippen LogP contribution >= 0.6 is 35.0 Å². The highest BCUT2D eigenvalue weighted by molar-refractivity contribution is 8.00. The Balaban J connectivity index is 1.84. The molecule has 0 saturated heterocycles. The molecule has 26 heavy (non-hydrogen) atoms. The Bertz CT molecular complexity index is 817. The number of hydrogen-bond donors (Lipinski definition) is 1. The van der Waals surface area contributed by atoms with Crippen molar-refractivity contribution in [1.82, 2.24) is 0 Å². The van der Waals surface area contributed by atoms with Crippen molar-refractivity contribution in [3.63, 3.8) is 0 Å². The van der Waals surface area contributed by atoms with E-state index < -0.39 is 5.97 Å². The summed E-state index contributed by atoms with van der Waals surface area (Å²) < 4.78 is 5.02. The van der Waals surface area contributed by atoms with E-state index in [0.29, 0.717) is 14.9 Å². The third kappa shape index (κ3) is 5.94. The summed E-state index contributed by atoms with van der Waals surface area (Å²) in [6, 6.07) is 8.99. The van der Waals surface area contributed by atoms with E-state index in [1.165, 1.54) is 11.8 Å². The zero-order valence-electron chi connectivity index (χ0n) is 14.7. The van der Waals surface area contributed by atoms with Gasteiger partial charge in [-0.15, -0.1) is 11.8 Å². The molecule has 7 heteroatoms. The van der Waals surface area contributed by atoms with Crippen molar-refractivity contribution in [2.75, 3.05) is 17.7 Å². The molecule has 0 aliphatic carbocycles. The number of nitrogens with one attached hydrogen (secondary N) is 1. The molecule has 0 bridgehead atoms. The zero-order valence-corrected chi connectivity index (χ0v) is 17.0. The Hall–Kier alpha value is -1.69. The first-order valence-electron chi connectivity index (χ1n) is 7.87. The molecule has 1 N–H and O–H groups in total. The summed E-state index contributed by atoms with van der Waals surface area (Å²) in [4.78, 5) is 24.6. The van der Waals surface area contributed by atoms with Gasteiger partial charge in [0.2, 0.25) is 0 Å². The van der Waals surface area contributed by atoms with Crippen LogP contribution < -0.4 is 5.32 Å². The summed E-state index contributed by atoms with van der Waals surface area (Å²) in [5, 5.41) is 3.84.